The Kier molecular flexibility index (Phi) is 3.71. The topological polar surface area (TPSA) is 49.3 Å². The molecule has 0 fully saturated rings. The highest BCUT2D eigenvalue weighted by Gasteiger charge is 2.15. The zero-order valence-corrected chi connectivity index (χ0v) is 10.8. The zero-order valence-electron chi connectivity index (χ0n) is 10.1. The van der Waals surface area contributed by atoms with Gasteiger partial charge in [-0.25, -0.2) is 9.18 Å². The molecule has 3 nitrogen and oxygen atoms in total. The lowest BCUT2D eigenvalue weighted by molar-refractivity contribution is 0.0697. The van der Waals surface area contributed by atoms with Crippen LogP contribution in [0.25, 0.3) is 0 Å². The molecule has 0 aromatic heterocycles. The number of carbonyl (C=O) groups is 1. The highest BCUT2D eigenvalue weighted by molar-refractivity contribution is 6.33. The first-order valence-electron chi connectivity index (χ1n) is 5.54. The number of para-hydroxylation sites is 1. The number of aryl methyl sites for hydroxylation is 1. The van der Waals surface area contributed by atoms with E-state index < -0.39 is 11.8 Å². The quantitative estimate of drug-likeness (QED) is 0.884. The van der Waals surface area contributed by atoms with E-state index in [1.54, 1.807) is 18.2 Å². The van der Waals surface area contributed by atoms with E-state index in [0.717, 1.165) is 5.56 Å². The number of carboxylic acid groups (broad SMARTS) is 1. The Morgan fingerprint density at radius 3 is 2.68 bits per heavy atom. The summed E-state index contributed by atoms with van der Waals surface area (Å²) in [5.74, 6) is -1.85. The molecular weight excluding hydrogens is 269 g/mol. The molecule has 2 rings (SSSR count). The van der Waals surface area contributed by atoms with Crippen molar-refractivity contribution in [1.29, 1.82) is 0 Å². The summed E-state index contributed by atoms with van der Waals surface area (Å²) in [7, 11) is 0. The molecule has 0 unspecified atom stereocenters. The Morgan fingerprint density at radius 2 is 2.05 bits per heavy atom. The van der Waals surface area contributed by atoms with Crippen LogP contribution in [0.5, 0.6) is 0 Å². The number of anilines is 2. The second-order valence-electron chi connectivity index (χ2n) is 4.08. The van der Waals surface area contributed by atoms with Crippen molar-refractivity contribution in [3.63, 3.8) is 0 Å². The van der Waals surface area contributed by atoms with Crippen molar-refractivity contribution in [3.8, 4) is 0 Å². The maximum Gasteiger partial charge on any atom is 0.337 e. The number of hydrogen-bond donors (Lipinski definition) is 2. The van der Waals surface area contributed by atoms with Crippen LogP contribution in [0.15, 0.2) is 36.4 Å². The molecule has 5 heteroatoms. The number of benzene rings is 2. The summed E-state index contributed by atoms with van der Waals surface area (Å²) < 4.78 is 13.7. The molecule has 0 aliphatic carbocycles. The van der Waals surface area contributed by atoms with Gasteiger partial charge in [0, 0.05) is 0 Å². The van der Waals surface area contributed by atoms with Crippen LogP contribution in [-0.2, 0) is 0 Å². The van der Waals surface area contributed by atoms with Gasteiger partial charge in [-0.05, 0) is 36.8 Å². The highest BCUT2D eigenvalue weighted by Crippen LogP contribution is 2.29. The van der Waals surface area contributed by atoms with E-state index in [-0.39, 0.29) is 11.3 Å². The molecule has 0 bridgehead atoms. The number of hydrogen-bond acceptors (Lipinski definition) is 2. The average Bonchev–Trinajstić information content (AvgIpc) is 2.34. The van der Waals surface area contributed by atoms with Crippen molar-refractivity contribution in [3.05, 3.63) is 58.4 Å². The van der Waals surface area contributed by atoms with Crippen LogP contribution >= 0.6 is 11.6 Å². The first-order valence-corrected chi connectivity index (χ1v) is 5.92. The van der Waals surface area contributed by atoms with E-state index in [0.29, 0.717) is 10.7 Å². The largest absolute Gasteiger partial charge is 0.478 e. The van der Waals surface area contributed by atoms with Crippen molar-refractivity contribution < 1.29 is 14.3 Å². The third-order valence-electron chi connectivity index (χ3n) is 2.63. The molecule has 2 aromatic carbocycles. The van der Waals surface area contributed by atoms with Gasteiger partial charge in [-0.15, -0.1) is 0 Å². The highest BCUT2D eigenvalue weighted by atomic mass is 35.5. The Hall–Kier alpha value is -2.07. The van der Waals surface area contributed by atoms with Crippen LogP contribution < -0.4 is 5.32 Å². The molecule has 2 aromatic rings. The molecule has 0 amide bonds. The second kappa shape index (κ2) is 5.28. The third kappa shape index (κ3) is 2.85. The predicted octanol–water partition coefficient (Wildman–Crippen LogP) is 4.23. The summed E-state index contributed by atoms with van der Waals surface area (Å²) >= 11 is 6.03. The zero-order chi connectivity index (χ0) is 14.0. The smallest absolute Gasteiger partial charge is 0.337 e. The van der Waals surface area contributed by atoms with Crippen LogP contribution in [0.2, 0.25) is 5.02 Å². The minimum atomic E-state index is -1.20. The number of rotatable bonds is 3. The average molecular weight is 280 g/mol. The van der Waals surface area contributed by atoms with Crippen LogP contribution in [0.4, 0.5) is 15.8 Å². The maximum absolute atomic E-state index is 13.7. The summed E-state index contributed by atoms with van der Waals surface area (Å²) in [4.78, 5) is 11.1. The van der Waals surface area contributed by atoms with E-state index >= 15 is 0 Å². The molecule has 98 valence electrons. The van der Waals surface area contributed by atoms with E-state index in [9.17, 15) is 9.18 Å². The fourth-order valence-corrected chi connectivity index (χ4v) is 1.97. The number of halogens is 2. The molecular formula is C14H11ClFNO2. The molecule has 0 saturated heterocycles. The Bertz CT molecular complexity index is 643. The van der Waals surface area contributed by atoms with Crippen molar-refractivity contribution in [2.45, 2.75) is 6.92 Å². The molecule has 19 heavy (non-hydrogen) atoms. The van der Waals surface area contributed by atoms with Crippen LogP contribution in [0.1, 0.15) is 15.9 Å². The lowest BCUT2D eigenvalue weighted by Crippen LogP contribution is -2.05. The Morgan fingerprint density at radius 1 is 1.32 bits per heavy atom. The number of nitrogens with one attached hydrogen (secondary N) is 1. The summed E-state index contributed by atoms with van der Waals surface area (Å²) in [6.07, 6.45) is 0. The van der Waals surface area contributed by atoms with Gasteiger partial charge in [0.05, 0.1) is 22.0 Å². The summed E-state index contributed by atoms with van der Waals surface area (Å²) in [6.45, 7) is 1.88. The van der Waals surface area contributed by atoms with Gasteiger partial charge < -0.3 is 10.4 Å². The molecule has 0 spiro atoms. The van der Waals surface area contributed by atoms with Gasteiger partial charge in [0.15, 0.2) is 0 Å². The minimum Gasteiger partial charge on any atom is -0.478 e. The van der Waals surface area contributed by atoms with Gasteiger partial charge >= 0.3 is 5.97 Å². The third-order valence-corrected chi connectivity index (χ3v) is 2.94. The summed E-state index contributed by atoms with van der Waals surface area (Å²) in [6, 6.07) is 9.06. The Balaban J connectivity index is 2.46. The lowest BCUT2D eigenvalue weighted by atomic mass is 10.1. The molecule has 0 heterocycles. The van der Waals surface area contributed by atoms with Crippen LogP contribution in [-0.4, -0.2) is 11.1 Å². The van der Waals surface area contributed by atoms with Crippen LogP contribution in [0.3, 0.4) is 0 Å². The Labute approximate surface area is 114 Å². The minimum absolute atomic E-state index is 0.0965. The SMILES string of the molecule is Cc1ccc(Nc2c(F)cccc2C(=O)O)c(Cl)c1. The predicted molar refractivity (Wildman–Crippen MR) is 72.8 cm³/mol. The van der Waals surface area contributed by atoms with Crippen molar-refractivity contribution in [1.82, 2.24) is 0 Å². The monoisotopic (exact) mass is 279 g/mol. The van der Waals surface area contributed by atoms with E-state index in [1.807, 2.05) is 6.92 Å². The standard InChI is InChI=1S/C14H11ClFNO2/c1-8-5-6-12(10(15)7-8)17-13-9(14(18)19)3-2-4-11(13)16/h2-7,17H,1H3,(H,18,19). The van der Waals surface area contributed by atoms with Crippen molar-refractivity contribution in [2.24, 2.45) is 0 Å². The van der Waals surface area contributed by atoms with Gasteiger partial charge in [0.25, 0.3) is 0 Å². The number of aromatic carboxylic acids is 1. The van der Waals surface area contributed by atoms with E-state index in [1.165, 1.54) is 18.2 Å². The first kappa shape index (κ1) is 13.4. The fraction of sp³-hybridized carbons (Fsp3) is 0.0714. The van der Waals surface area contributed by atoms with Gasteiger partial charge in [0.2, 0.25) is 0 Å². The van der Waals surface area contributed by atoms with Crippen LogP contribution in [0, 0.1) is 12.7 Å². The number of carboxylic acids is 1. The van der Waals surface area contributed by atoms with Crippen molar-refractivity contribution >= 4 is 28.9 Å². The van der Waals surface area contributed by atoms with Crippen molar-refractivity contribution in [2.75, 3.05) is 5.32 Å². The lowest BCUT2D eigenvalue weighted by Gasteiger charge is -2.12. The van der Waals surface area contributed by atoms with E-state index in [4.69, 9.17) is 16.7 Å². The molecule has 0 saturated carbocycles. The fourth-order valence-electron chi connectivity index (χ4n) is 1.69. The first-order chi connectivity index (χ1) is 8.99. The van der Waals surface area contributed by atoms with Gasteiger partial charge in [0.1, 0.15) is 5.82 Å². The maximum atomic E-state index is 13.7. The molecule has 0 aliphatic rings. The summed E-state index contributed by atoms with van der Waals surface area (Å²) in [5.41, 5.74) is 1.18. The normalized spacial score (nSPS) is 10.3. The molecule has 0 radical (unpaired) electrons. The van der Waals surface area contributed by atoms with E-state index in [2.05, 4.69) is 5.32 Å². The van der Waals surface area contributed by atoms with Gasteiger partial charge in [-0.2, -0.15) is 0 Å². The molecule has 0 aliphatic heterocycles. The second-order valence-corrected chi connectivity index (χ2v) is 4.48. The van der Waals surface area contributed by atoms with Gasteiger partial charge in [-0.1, -0.05) is 23.7 Å². The summed E-state index contributed by atoms with van der Waals surface area (Å²) in [5, 5.41) is 12.2. The van der Waals surface area contributed by atoms with Gasteiger partial charge in [-0.3, -0.25) is 0 Å². The molecule has 0 atom stereocenters. The molecule has 2 N–H and O–H groups in total.